The van der Waals surface area contributed by atoms with Gasteiger partial charge in [-0.3, -0.25) is 4.79 Å². The van der Waals surface area contributed by atoms with E-state index < -0.39 is 15.3 Å². The quantitative estimate of drug-likeness (QED) is 0.724. The number of nitriles is 1. The molecule has 2 fully saturated rings. The SMILES string of the molecule is CN(C(=O)C1(C#N)CCCCCC1)C1CCS(=O)(=O)C1. The van der Waals surface area contributed by atoms with Gasteiger partial charge in [0.1, 0.15) is 5.41 Å². The average molecular weight is 298 g/mol. The molecule has 0 N–H and O–H groups in total. The van der Waals surface area contributed by atoms with Crippen molar-refractivity contribution >= 4 is 15.7 Å². The molecule has 20 heavy (non-hydrogen) atoms. The Hall–Kier alpha value is -1.09. The summed E-state index contributed by atoms with van der Waals surface area (Å²) in [5.41, 5.74) is -0.933. The largest absolute Gasteiger partial charge is 0.340 e. The molecule has 0 aromatic heterocycles. The molecule has 6 heteroatoms. The van der Waals surface area contributed by atoms with E-state index >= 15 is 0 Å². The highest BCUT2D eigenvalue weighted by Crippen LogP contribution is 2.37. The molecule has 0 bridgehead atoms. The maximum absolute atomic E-state index is 12.7. The minimum absolute atomic E-state index is 0.0384. The molecule has 2 aliphatic rings. The van der Waals surface area contributed by atoms with Crippen molar-refractivity contribution in [2.75, 3.05) is 18.6 Å². The number of hydrogen-bond acceptors (Lipinski definition) is 4. The van der Waals surface area contributed by atoms with Gasteiger partial charge in [0, 0.05) is 13.1 Å². The number of carbonyl (C=O) groups is 1. The first-order valence-corrected chi connectivity index (χ1v) is 9.11. The molecule has 0 spiro atoms. The van der Waals surface area contributed by atoms with Crippen LogP contribution < -0.4 is 0 Å². The van der Waals surface area contributed by atoms with Crippen LogP contribution in [-0.2, 0) is 14.6 Å². The van der Waals surface area contributed by atoms with Crippen LogP contribution in [0.2, 0.25) is 0 Å². The monoisotopic (exact) mass is 298 g/mol. The lowest BCUT2D eigenvalue weighted by atomic mass is 9.80. The summed E-state index contributed by atoms with van der Waals surface area (Å²) in [7, 11) is -1.36. The van der Waals surface area contributed by atoms with Crippen molar-refractivity contribution in [3.05, 3.63) is 0 Å². The topological polar surface area (TPSA) is 78.2 Å². The number of nitrogens with zero attached hydrogens (tertiary/aromatic N) is 2. The molecule has 5 nitrogen and oxygen atoms in total. The molecule has 0 radical (unpaired) electrons. The third kappa shape index (κ3) is 2.98. The lowest BCUT2D eigenvalue weighted by Gasteiger charge is -2.32. The Morgan fingerprint density at radius 3 is 2.30 bits per heavy atom. The third-order valence-corrected chi connectivity index (χ3v) is 6.41. The van der Waals surface area contributed by atoms with E-state index in [0.717, 1.165) is 25.7 Å². The first-order chi connectivity index (χ1) is 9.40. The van der Waals surface area contributed by atoms with Gasteiger partial charge in [0.2, 0.25) is 5.91 Å². The van der Waals surface area contributed by atoms with E-state index in [2.05, 4.69) is 6.07 Å². The Labute approximate surface area is 120 Å². The lowest BCUT2D eigenvalue weighted by molar-refractivity contribution is -0.140. The normalized spacial score (nSPS) is 28.3. The van der Waals surface area contributed by atoms with Gasteiger partial charge in [-0.1, -0.05) is 25.7 Å². The Morgan fingerprint density at radius 1 is 1.25 bits per heavy atom. The van der Waals surface area contributed by atoms with E-state index in [1.165, 1.54) is 4.90 Å². The Kier molecular flexibility index (Phi) is 4.38. The highest BCUT2D eigenvalue weighted by atomic mass is 32.2. The van der Waals surface area contributed by atoms with Crippen LogP contribution in [0, 0.1) is 16.7 Å². The van der Waals surface area contributed by atoms with Crippen molar-refractivity contribution in [1.82, 2.24) is 4.90 Å². The number of amides is 1. The van der Waals surface area contributed by atoms with E-state index in [1.54, 1.807) is 7.05 Å². The highest BCUT2D eigenvalue weighted by molar-refractivity contribution is 7.91. The summed E-state index contributed by atoms with van der Waals surface area (Å²) in [6.07, 6.45) is 5.63. The lowest BCUT2D eigenvalue weighted by Crippen LogP contribution is -2.46. The van der Waals surface area contributed by atoms with Crippen LogP contribution in [0.1, 0.15) is 44.9 Å². The maximum Gasteiger partial charge on any atom is 0.243 e. The molecule has 112 valence electrons. The molecule has 1 amide bonds. The van der Waals surface area contributed by atoms with Gasteiger partial charge >= 0.3 is 0 Å². The van der Waals surface area contributed by atoms with E-state index in [9.17, 15) is 18.5 Å². The number of sulfone groups is 1. The maximum atomic E-state index is 12.7. The van der Waals surface area contributed by atoms with E-state index in [1.807, 2.05) is 0 Å². The van der Waals surface area contributed by atoms with Gasteiger partial charge in [0.25, 0.3) is 0 Å². The van der Waals surface area contributed by atoms with Crippen molar-refractivity contribution in [2.24, 2.45) is 5.41 Å². The van der Waals surface area contributed by atoms with Crippen LogP contribution in [-0.4, -0.2) is 43.8 Å². The first kappa shape index (κ1) is 15.3. The van der Waals surface area contributed by atoms with E-state index in [0.29, 0.717) is 19.3 Å². The molecule has 1 saturated heterocycles. The second-order valence-electron chi connectivity index (χ2n) is 6.08. The van der Waals surface area contributed by atoms with Gasteiger partial charge in [-0.25, -0.2) is 8.42 Å². The smallest absolute Gasteiger partial charge is 0.243 e. The minimum Gasteiger partial charge on any atom is -0.340 e. The zero-order valence-corrected chi connectivity index (χ0v) is 12.8. The molecular formula is C14H22N2O3S. The van der Waals surface area contributed by atoms with Crippen molar-refractivity contribution in [1.29, 1.82) is 5.26 Å². The number of hydrogen-bond donors (Lipinski definition) is 0. The zero-order chi connectivity index (χ0) is 14.8. The van der Waals surface area contributed by atoms with E-state index in [4.69, 9.17) is 0 Å². The number of carbonyl (C=O) groups excluding carboxylic acids is 1. The average Bonchev–Trinajstić information content (AvgIpc) is 2.66. The number of rotatable bonds is 2. The molecular weight excluding hydrogens is 276 g/mol. The van der Waals surface area contributed by atoms with Gasteiger partial charge in [-0.05, 0) is 19.3 Å². The van der Waals surface area contributed by atoms with Crippen molar-refractivity contribution in [3.8, 4) is 6.07 Å². The molecule has 1 aliphatic heterocycles. The summed E-state index contributed by atoms with van der Waals surface area (Å²) >= 11 is 0. The summed E-state index contributed by atoms with van der Waals surface area (Å²) in [6.45, 7) is 0. The van der Waals surface area contributed by atoms with Crippen LogP contribution in [0.15, 0.2) is 0 Å². The highest BCUT2D eigenvalue weighted by Gasteiger charge is 2.44. The predicted molar refractivity (Wildman–Crippen MR) is 75.6 cm³/mol. The Bertz CT molecular complexity index is 513. The predicted octanol–water partition coefficient (Wildman–Crippen LogP) is 1.50. The van der Waals surface area contributed by atoms with Crippen LogP contribution in [0.5, 0.6) is 0 Å². The fourth-order valence-electron chi connectivity index (χ4n) is 3.29. The standard InChI is InChI=1S/C14H22N2O3S/c1-16(12-6-9-20(18,19)10-12)13(17)14(11-15)7-4-2-3-5-8-14/h12H,2-10H2,1H3. The second-order valence-corrected chi connectivity index (χ2v) is 8.31. The summed E-state index contributed by atoms with van der Waals surface area (Å²) in [5.74, 6) is 0.00925. The van der Waals surface area contributed by atoms with Gasteiger partial charge in [0.05, 0.1) is 17.6 Å². The fourth-order valence-corrected chi connectivity index (χ4v) is 5.06. The molecule has 1 unspecified atom stereocenters. The Balaban J connectivity index is 2.14. The molecule has 0 aromatic rings. The zero-order valence-electron chi connectivity index (χ0n) is 12.0. The van der Waals surface area contributed by atoms with E-state index in [-0.39, 0.29) is 23.5 Å². The van der Waals surface area contributed by atoms with Crippen LogP contribution in [0.25, 0.3) is 0 Å². The van der Waals surface area contributed by atoms with Crippen LogP contribution in [0.4, 0.5) is 0 Å². The van der Waals surface area contributed by atoms with Crippen molar-refractivity contribution in [3.63, 3.8) is 0 Å². The summed E-state index contributed by atoms with van der Waals surface area (Å²) < 4.78 is 23.1. The molecule has 1 heterocycles. The van der Waals surface area contributed by atoms with Crippen LogP contribution >= 0.6 is 0 Å². The van der Waals surface area contributed by atoms with Crippen molar-refractivity contribution < 1.29 is 13.2 Å². The fraction of sp³-hybridized carbons (Fsp3) is 0.857. The van der Waals surface area contributed by atoms with Gasteiger partial charge in [0.15, 0.2) is 9.84 Å². The van der Waals surface area contributed by atoms with Crippen LogP contribution in [0.3, 0.4) is 0 Å². The first-order valence-electron chi connectivity index (χ1n) is 7.29. The van der Waals surface area contributed by atoms with Gasteiger partial charge in [-0.15, -0.1) is 0 Å². The summed E-state index contributed by atoms with van der Waals surface area (Å²) in [5, 5.41) is 9.52. The second kappa shape index (κ2) is 5.72. The molecule has 2 rings (SSSR count). The minimum atomic E-state index is -3.02. The molecule has 1 aliphatic carbocycles. The van der Waals surface area contributed by atoms with Gasteiger partial charge < -0.3 is 4.90 Å². The molecule has 1 saturated carbocycles. The summed E-state index contributed by atoms with van der Waals surface area (Å²) in [4.78, 5) is 14.2. The Morgan fingerprint density at radius 2 is 1.85 bits per heavy atom. The molecule has 0 aromatic carbocycles. The molecule has 1 atom stereocenters. The van der Waals surface area contributed by atoms with Crippen molar-refractivity contribution in [2.45, 2.75) is 51.0 Å². The van der Waals surface area contributed by atoms with Gasteiger partial charge in [-0.2, -0.15) is 5.26 Å². The third-order valence-electron chi connectivity index (χ3n) is 4.66. The summed E-state index contributed by atoms with van der Waals surface area (Å²) in [6, 6.07) is 1.98.